The molecule has 1 aliphatic heterocycles. The van der Waals surface area contributed by atoms with Gasteiger partial charge < -0.3 is 10.5 Å². The third-order valence-electron chi connectivity index (χ3n) is 5.58. The topological polar surface area (TPSA) is 150 Å². The molecule has 3 aromatic heterocycles. The largest absolute Gasteiger partial charge is 0.482 e. The molecular formula is C22H19N9O2. The van der Waals surface area contributed by atoms with Gasteiger partial charge in [0, 0.05) is 18.7 Å². The van der Waals surface area contributed by atoms with Crippen molar-refractivity contribution < 1.29 is 4.74 Å². The van der Waals surface area contributed by atoms with Crippen LogP contribution in [0.15, 0.2) is 35.4 Å². The van der Waals surface area contributed by atoms with Crippen LogP contribution in [-0.2, 0) is 13.5 Å². The lowest BCUT2D eigenvalue weighted by atomic mass is 10.0. The second-order valence-electron chi connectivity index (χ2n) is 7.79. The summed E-state index contributed by atoms with van der Waals surface area (Å²) in [5.74, 6) is 0.846. The predicted octanol–water partition coefficient (Wildman–Crippen LogP) is 1.62. The summed E-state index contributed by atoms with van der Waals surface area (Å²) in [6.07, 6.45) is 0.887. The smallest absolute Gasteiger partial charge is 0.355 e. The maximum Gasteiger partial charge on any atom is 0.355 e. The number of nitrogen functional groups attached to an aromatic ring is 1. The van der Waals surface area contributed by atoms with Gasteiger partial charge in [-0.3, -0.25) is 4.68 Å². The summed E-state index contributed by atoms with van der Waals surface area (Å²) in [5.41, 5.74) is 9.59. The van der Waals surface area contributed by atoms with Crippen molar-refractivity contribution in [3.8, 4) is 28.8 Å². The molecule has 0 fully saturated rings. The Hall–Kier alpha value is -4.59. The van der Waals surface area contributed by atoms with E-state index in [4.69, 9.17) is 10.5 Å². The summed E-state index contributed by atoms with van der Waals surface area (Å²) in [4.78, 5) is 21.2. The summed E-state index contributed by atoms with van der Waals surface area (Å²) in [6, 6.07) is 9.51. The molecule has 0 spiro atoms. The van der Waals surface area contributed by atoms with Crippen LogP contribution in [0.5, 0.6) is 5.75 Å². The Labute approximate surface area is 188 Å². The molecule has 1 aliphatic rings. The molecule has 1 aromatic carbocycles. The minimum absolute atomic E-state index is 0.113. The molecule has 0 radical (unpaired) electrons. The fraction of sp³-hybridized carbons (Fsp3) is 0.227. The molecule has 0 unspecified atom stereocenters. The first kappa shape index (κ1) is 20.3. The summed E-state index contributed by atoms with van der Waals surface area (Å²) in [7, 11) is 1.67. The molecule has 2 bridgehead atoms. The van der Waals surface area contributed by atoms with Crippen molar-refractivity contribution >= 4 is 5.82 Å². The van der Waals surface area contributed by atoms with E-state index < -0.39 is 11.8 Å². The first-order chi connectivity index (χ1) is 15.9. The number of rotatable bonds is 0. The van der Waals surface area contributed by atoms with Crippen molar-refractivity contribution in [2.24, 2.45) is 7.05 Å². The Morgan fingerprint density at radius 2 is 2.06 bits per heavy atom. The van der Waals surface area contributed by atoms with Crippen molar-refractivity contribution in [1.29, 1.82) is 5.26 Å². The van der Waals surface area contributed by atoms with Gasteiger partial charge in [0.15, 0.2) is 11.6 Å². The highest BCUT2D eigenvalue weighted by atomic mass is 16.5. The quantitative estimate of drug-likeness (QED) is 0.429. The van der Waals surface area contributed by atoms with Gasteiger partial charge in [0.05, 0.1) is 23.4 Å². The Bertz CT molecular complexity index is 1510. The maximum absolute atomic E-state index is 12.9. The number of nitrogens with zero attached hydrogens (tertiary/aromatic N) is 8. The van der Waals surface area contributed by atoms with E-state index in [0.29, 0.717) is 39.9 Å². The zero-order valence-electron chi connectivity index (χ0n) is 18.1. The van der Waals surface area contributed by atoms with Gasteiger partial charge in [-0.25, -0.2) is 14.3 Å². The molecule has 164 valence electrons. The fourth-order valence-electron chi connectivity index (χ4n) is 4.05. The fourth-order valence-corrected chi connectivity index (χ4v) is 4.05. The number of aromatic nitrogens is 7. The summed E-state index contributed by atoms with van der Waals surface area (Å²) >= 11 is 0. The van der Waals surface area contributed by atoms with Crippen LogP contribution in [0.1, 0.15) is 41.4 Å². The molecule has 0 saturated carbocycles. The number of aryl methyl sites for hydroxylation is 2. The average Bonchev–Trinajstić information content (AvgIpc) is 3.09. The number of nitrogens with two attached hydrogens (primary N) is 1. The van der Waals surface area contributed by atoms with Gasteiger partial charge in [-0.05, 0) is 19.9 Å². The molecule has 11 heteroatoms. The highest BCUT2D eigenvalue weighted by Crippen LogP contribution is 2.35. The van der Waals surface area contributed by atoms with Crippen molar-refractivity contribution in [1.82, 2.24) is 34.5 Å². The van der Waals surface area contributed by atoms with E-state index in [2.05, 4.69) is 31.3 Å². The molecule has 0 saturated heterocycles. The highest BCUT2D eigenvalue weighted by Gasteiger charge is 2.26. The van der Waals surface area contributed by atoms with Gasteiger partial charge in [0.1, 0.15) is 35.7 Å². The lowest BCUT2D eigenvalue weighted by Gasteiger charge is -2.22. The third kappa shape index (κ3) is 3.28. The van der Waals surface area contributed by atoms with Crippen LogP contribution in [-0.4, -0.2) is 34.5 Å². The molecule has 5 rings (SSSR count). The number of nitriles is 1. The van der Waals surface area contributed by atoms with Crippen LogP contribution < -0.4 is 16.2 Å². The number of benzene rings is 1. The summed E-state index contributed by atoms with van der Waals surface area (Å²) < 4.78 is 9.11. The predicted molar refractivity (Wildman–Crippen MR) is 118 cm³/mol. The van der Waals surface area contributed by atoms with E-state index in [1.54, 1.807) is 13.1 Å². The van der Waals surface area contributed by atoms with Crippen LogP contribution >= 0.6 is 0 Å². The monoisotopic (exact) mass is 441 g/mol. The molecule has 2 N–H and O–H groups in total. The lowest BCUT2D eigenvalue weighted by molar-refractivity contribution is 0.227. The third-order valence-corrected chi connectivity index (χ3v) is 5.58. The maximum atomic E-state index is 12.9. The van der Waals surface area contributed by atoms with Crippen molar-refractivity contribution in [3.05, 3.63) is 69.4 Å². The Morgan fingerprint density at radius 1 is 1.24 bits per heavy atom. The first-order valence-electron chi connectivity index (χ1n) is 10.2. The minimum Gasteiger partial charge on any atom is -0.482 e. The number of hydrogen-bond donors (Lipinski definition) is 1. The second-order valence-corrected chi connectivity index (χ2v) is 7.79. The minimum atomic E-state index is -0.498. The molecular weight excluding hydrogens is 422 g/mol. The summed E-state index contributed by atoms with van der Waals surface area (Å²) in [5, 5.41) is 22.5. The normalized spacial score (nSPS) is 14.5. The number of ether oxygens (including phenoxy) is 1. The molecule has 0 aliphatic carbocycles. The van der Waals surface area contributed by atoms with Gasteiger partial charge in [-0.1, -0.05) is 17.7 Å². The van der Waals surface area contributed by atoms with Crippen LogP contribution in [0, 0.1) is 18.3 Å². The SMILES string of the molecule is Cc1ccc2c(c1)[C@@H](C)Oc1cc(nnc1N)-c1c(nn(C)c1C#N)Cc1ncnc(=O)n1-2. The Morgan fingerprint density at radius 3 is 2.85 bits per heavy atom. The molecule has 33 heavy (non-hydrogen) atoms. The average molecular weight is 441 g/mol. The summed E-state index contributed by atoms with van der Waals surface area (Å²) in [6.45, 7) is 3.81. The highest BCUT2D eigenvalue weighted by molar-refractivity contribution is 5.71. The first-order valence-corrected chi connectivity index (χ1v) is 10.2. The van der Waals surface area contributed by atoms with Crippen LogP contribution in [0.4, 0.5) is 5.82 Å². The van der Waals surface area contributed by atoms with Crippen molar-refractivity contribution in [3.63, 3.8) is 0 Å². The van der Waals surface area contributed by atoms with Gasteiger partial charge in [-0.2, -0.15) is 15.3 Å². The van der Waals surface area contributed by atoms with Crippen LogP contribution in [0.25, 0.3) is 16.9 Å². The lowest BCUT2D eigenvalue weighted by Crippen LogP contribution is -2.27. The van der Waals surface area contributed by atoms with Crippen molar-refractivity contribution in [2.45, 2.75) is 26.4 Å². The van der Waals surface area contributed by atoms with Crippen LogP contribution in [0.3, 0.4) is 0 Å². The molecule has 4 aromatic rings. The van der Waals surface area contributed by atoms with Gasteiger partial charge in [-0.15, -0.1) is 10.2 Å². The molecule has 1 atom stereocenters. The van der Waals surface area contributed by atoms with E-state index in [0.717, 1.165) is 11.1 Å². The van der Waals surface area contributed by atoms with E-state index >= 15 is 0 Å². The number of fused-ring (bicyclic) bond motifs is 7. The van der Waals surface area contributed by atoms with E-state index in [1.807, 2.05) is 32.0 Å². The molecule has 0 amide bonds. The van der Waals surface area contributed by atoms with Crippen molar-refractivity contribution in [2.75, 3.05) is 5.73 Å². The molecule has 4 heterocycles. The van der Waals surface area contributed by atoms with Crippen LogP contribution in [0.2, 0.25) is 0 Å². The van der Waals surface area contributed by atoms with Gasteiger partial charge in [0.25, 0.3) is 0 Å². The zero-order valence-corrected chi connectivity index (χ0v) is 18.1. The van der Waals surface area contributed by atoms with E-state index in [1.165, 1.54) is 15.6 Å². The Kier molecular flexibility index (Phi) is 4.63. The van der Waals surface area contributed by atoms with E-state index in [9.17, 15) is 10.1 Å². The number of hydrogen-bond acceptors (Lipinski definition) is 9. The van der Waals surface area contributed by atoms with Gasteiger partial charge in [0.2, 0.25) is 0 Å². The molecule has 11 nitrogen and oxygen atoms in total. The number of anilines is 1. The van der Waals surface area contributed by atoms with E-state index in [-0.39, 0.29) is 12.2 Å². The standard InChI is InChI=1S/C22H19N9O2/c1-11-4-5-16-13(6-11)12(2)33-18-7-14(27-28-21(18)24)20-15(29-30(3)17(20)9-23)8-19-25-10-26-22(32)31(16)19/h4-7,10,12H,8H2,1-3H3,(H2,24,28)/t12-/m1/s1. The second kappa shape index (κ2) is 7.52. The zero-order chi connectivity index (χ0) is 23.3. The Balaban J connectivity index is 1.88. The van der Waals surface area contributed by atoms with Gasteiger partial charge >= 0.3 is 5.69 Å².